The minimum Gasteiger partial charge on any atom is -0.369 e. The van der Waals surface area contributed by atoms with E-state index in [0.717, 1.165) is 36.3 Å². The van der Waals surface area contributed by atoms with Gasteiger partial charge in [-0.3, -0.25) is 9.59 Å². The SMILES string of the molecule is CN1CCN(c2ccc(NC(=O)C(=O)Nc3cccc(Br)c3)cc2)CC1. The molecule has 0 aromatic heterocycles. The molecule has 1 saturated heterocycles. The summed E-state index contributed by atoms with van der Waals surface area (Å²) in [6, 6.07) is 14.7. The van der Waals surface area contributed by atoms with Crippen molar-refractivity contribution in [2.24, 2.45) is 0 Å². The molecule has 0 bridgehead atoms. The number of rotatable bonds is 3. The van der Waals surface area contributed by atoms with Gasteiger partial charge in [0.1, 0.15) is 0 Å². The first kappa shape index (κ1) is 18.4. The van der Waals surface area contributed by atoms with Gasteiger partial charge in [-0.15, -0.1) is 0 Å². The standard InChI is InChI=1S/C19H21BrN4O2/c1-23-9-11-24(12-10-23)17-7-5-15(6-8-17)21-18(25)19(26)22-16-4-2-3-14(20)13-16/h2-8,13H,9-12H2,1H3,(H,21,25)(H,22,26). The summed E-state index contributed by atoms with van der Waals surface area (Å²) in [5.74, 6) is -1.40. The molecule has 0 saturated carbocycles. The van der Waals surface area contributed by atoms with Crippen LogP contribution in [0.3, 0.4) is 0 Å². The van der Waals surface area contributed by atoms with E-state index in [1.165, 1.54) is 0 Å². The van der Waals surface area contributed by atoms with Crippen molar-refractivity contribution in [3.63, 3.8) is 0 Å². The van der Waals surface area contributed by atoms with Crippen LogP contribution in [0.4, 0.5) is 17.1 Å². The minimum absolute atomic E-state index is 0.560. The molecule has 26 heavy (non-hydrogen) atoms. The van der Waals surface area contributed by atoms with Crippen molar-refractivity contribution in [3.8, 4) is 0 Å². The van der Waals surface area contributed by atoms with Gasteiger partial charge in [0.05, 0.1) is 0 Å². The molecule has 6 nitrogen and oxygen atoms in total. The minimum atomic E-state index is -0.703. The average molecular weight is 417 g/mol. The molecule has 2 N–H and O–H groups in total. The Labute approximate surface area is 161 Å². The number of halogens is 1. The normalized spacial score (nSPS) is 14.8. The van der Waals surface area contributed by atoms with Crippen LogP contribution in [0, 0.1) is 0 Å². The van der Waals surface area contributed by atoms with Crippen molar-refractivity contribution < 1.29 is 9.59 Å². The number of piperazine rings is 1. The molecule has 0 spiro atoms. The number of anilines is 3. The van der Waals surface area contributed by atoms with Crippen LogP contribution in [0.25, 0.3) is 0 Å². The van der Waals surface area contributed by atoms with Crippen LogP contribution in [0.1, 0.15) is 0 Å². The molecule has 2 aromatic rings. The third-order valence-electron chi connectivity index (χ3n) is 4.28. The molecule has 1 aliphatic heterocycles. The highest BCUT2D eigenvalue weighted by molar-refractivity contribution is 9.10. The van der Waals surface area contributed by atoms with Gasteiger partial charge in [0.25, 0.3) is 0 Å². The van der Waals surface area contributed by atoms with Gasteiger partial charge < -0.3 is 20.4 Å². The first-order chi connectivity index (χ1) is 12.5. The molecule has 0 radical (unpaired) electrons. The van der Waals surface area contributed by atoms with Gasteiger partial charge in [0.15, 0.2) is 0 Å². The Balaban J connectivity index is 1.56. The molecule has 2 aromatic carbocycles. The number of nitrogens with zero attached hydrogens (tertiary/aromatic N) is 2. The lowest BCUT2D eigenvalue weighted by molar-refractivity contribution is -0.132. The molecule has 1 aliphatic rings. The molecule has 2 amide bonds. The summed E-state index contributed by atoms with van der Waals surface area (Å²) in [7, 11) is 2.12. The number of nitrogens with one attached hydrogen (secondary N) is 2. The maximum absolute atomic E-state index is 12.1. The Morgan fingerprint density at radius 3 is 2.12 bits per heavy atom. The lowest BCUT2D eigenvalue weighted by Gasteiger charge is -2.34. The highest BCUT2D eigenvalue weighted by atomic mass is 79.9. The lowest BCUT2D eigenvalue weighted by Crippen LogP contribution is -2.44. The summed E-state index contributed by atoms with van der Waals surface area (Å²) >= 11 is 3.33. The molecule has 1 fully saturated rings. The summed E-state index contributed by atoms with van der Waals surface area (Å²) in [6.45, 7) is 4.04. The molecule has 0 aliphatic carbocycles. The number of likely N-dealkylation sites (N-methyl/N-ethyl adjacent to an activating group) is 1. The highest BCUT2D eigenvalue weighted by Gasteiger charge is 2.16. The van der Waals surface area contributed by atoms with Gasteiger partial charge in [-0.05, 0) is 49.5 Å². The third-order valence-corrected chi connectivity index (χ3v) is 4.78. The first-order valence-corrected chi connectivity index (χ1v) is 9.22. The van der Waals surface area contributed by atoms with Gasteiger partial charge in [-0.25, -0.2) is 0 Å². The molecular weight excluding hydrogens is 396 g/mol. The summed E-state index contributed by atoms with van der Waals surface area (Å²) in [5, 5.41) is 5.20. The second kappa shape index (κ2) is 8.33. The zero-order valence-corrected chi connectivity index (χ0v) is 16.1. The maximum Gasteiger partial charge on any atom is 0.314 e. The molecular formula is C19H21BrN4O2. The van der Waals surface area contributed by atoms with Crippen LogP contribution in [0.2, 0.25) is 0 Å². The molecule has 3 rings (SSSR count). The van der Waals surface area contributed by atoms with E-state index in [-0.39, 0.29) is 0 Å². The number of hydrogen-bond donors (Lipinski definition) is 2. The van der Waals surface area contributed by atoms with E-state index in [0.29, 0.717) is 11.4 Å². The summed E-state index contributed by atoms with van der Waals surface area (Å²) in [4.78, 5) is 28.7. The van der Waals surface area contributed by atoms with Crippen LogP contribution in [-0.2, 0) is 9.59 Å². The Morgan fingerprint density at radius 2 is 1.50 bits per heavy atom. The van der Waals surface area contributed by atoms with Gasteiger partial charge in [0.2, 0.25) is 0 Å². The van der Waals surface area contributed by atoms with Gasteiger partial charge in [-0.2, -0.15) is 0 Å². The van der Waals surface area contributed by atoms with Crippen molar-refractivity contribution in [1.82, 2.24) is 4.90 Å². The topological polar surface area (TPSA) is 64.7 Å². The molecule has 7 heteroatoms. The zero-order chi connectivity index (χ0) is 18.5. The molecule has 136 valence electrons. The molecule has 0 atom stereocenters. The van der Waals surface area contributed by atoms with Crippen LogP contribution in [0.15, 0.2) is 53.0 Å². The van der Waals surface area contributed by atoms with Gasteiger partial charge in [-0.1, -0.05) is 22.0 Å². The third kappa shape index (κ3) is 4.83. The van der Waals surface area contributed by atoms with Gasteiger partial charge >= 0.3 is 11.8 Å². The molecule has 1 heterocycles. The number of amides is 2. The summed E-state index contributed by atoms with van der Waals surface area (Å²) in [6.07, 6.45) is 0. The van der Waals surface area contributed by atoms with Crippen LogP contribution in [-0.4, -0.2) is 49.9 Å². The maximum atomic E-state index is 12.1. The Bertz CT molecular complexity index is 786. The fourth-order valence-corrected chi connectivity index (χ4v) is 3.16. The predicted molar refractivity (Wildman–Crippen MR) is 108 cm³/mol. The Kier molecular flexibility index (Phi) is 5.90. The number of benzene rings is 2. The highest BCUT2D eigenvalue weighted by Crippen LogP contribution is 2.19. The smallest absolute Gasteiger partial charge is 0.314 e. The number of carbonyl (C=O) groups excluding carboxylic acids is 2. The Morgan fingerprint density at radius 1 is 0.885 bits per heavy atom. The van der Waals surface area contributed by atoms with E-state index < -0.39 is 11.8 Å². The number of hydrogen-bond acceptors (Lipinski definition) is 4. The quantitative estimate of drug-likeness (QED) is 0.754. The van der Waals surface area contributed by atoms with Crippen LogP contribution >= 0.6 is 15.9 Å². The summed E-state index contributed by atoms with van der Waals surface area (Å²) in [5.41, 5.74) is 2.27. The van der Waals surface area contributed by atoms with Gasteiger partial charge in [0, 0.05) is 47.7 Å². The van der Waals surface area contributed by atoms with E-state index in [4.69, 9.17) is 0 Å². The van der Waals surface area contributed by atoms with Crippen molar-refractivity contribution in [2.45, 2.75) is 0 Å². The monoisotopic (exact) mass is 416 g/mol. The number of carbonyl (C=O) groups is 2. The Hall–Kier alpha value is -2.38. The van der Waals surface area contributed by atoms with E-state index in [1.807, 2.05) is 30.3 Å². The van der Waals surface area contributed by atoms with Crippen LogP contribution in [0.5, 0.6) is 0 Å². The van der Waals surface area contributed by atoms with Crippen molar-refractivity contribution in [2.75, 3.05) is 48.8 Å². The van der Waals surface area contributed by atoms with Crippen molar-refractivity contribution in [3.05, 3.63) is 53.0 Å². The van der Waals surface area contributed by atoms with E-state index in [2.05, 4.69) is 43.4 Å². The van der Waals surface area contributed by atoms with E-state index in [9.17, 15) is 9.59 Å². The fourth-order valence-electron chi connectivity index (χ4n) is 2.76. The summed E-state index contributed by atoms with van der Waals surface area (Å²) < 4.78 is 0.829. The lowest BCUT2D eigenvalue weighted by atomic mass is 10.2. The van der Waals surface area contributed by atoms with E-state index >= 15 is 0 Å². The van der Waals surface area contributed by atoms with E-state index in [1.54, 1.807) is 18.2 Å². The van der Waals surface area contributed by atoms with Crippen molar-refractivity contribution in [1.29, 1.82) is 0 Å². The fraction of sp³-hybridized carbons (Fsp3) is 0.263. The second-order valence-electron chi connectivity index (χ2n) is 6.26. The zero-order valence-electron chi connectivity index (χ0n) is 14.5. The van der Waals surface area contributed by atoms with Crippen LogP contribution < -0.4 is 15.5 Å². The average Bonchev–Trinajstić information content (AvgIpc) is 2.63. The largest absolute Gasteiger partial charge is 0.369 e. The molecule has 0 unspecified atom stereocenters. The first-order valence-electron chi connectivity index (χ1n) is 8.43. The second-order valence-corrected chi connectivity index (χ2v) is 7.17. The van der Waals surface area contributed by atoms with Crippen molar-refractivity contribution >= 4 is 44.8 Å². The predicted octanol–water partition coefficient (Wildman–Crippen LogP) is 2.78.